The van der Waals surface area contributed by atoms with Crippen LogP contribution in [0.15, 0.2) is 0 Å². The van der Waals surface area contributed by atoms with Gasteiger partial charge in [0.15, 0.2) is 0 Å². The molecule has 84 valence electrons. The van der Waals surface area contributed by atoms with Crippen molar-refractivity contribution < 1.29 is 9.84 Å². The van der Waals surface area contributed by atoms with Crippen LogP contribution in [0.1, 0.15) is 27.2 Å². The van der Waals surface area contributed by atoms with Crippen LogP contribution in [-0.4, -0.2) is 48.5 Å². The Morgan fingerprint density at radius 3 is 2.36 bits per heavy atom. The molecular weight excluding hydrogens is 178 g/mol. The van der Waals surface area contributed by atoms with Gasteiger partial charge in [0.1, 0.15) is 0 Å². The lowest BCUT2D eigenvalue weighted by Gasteiger charge is -2.42. The summed E-state index contributed by atoms with van der Waals surface area (Å²) in [4.78, 5) is 2.10. The normalized spacial score (nSPS) is 39.4. The van der Waals surface area contributed by atoms with Gasteiger partial charge in [-0.3, -0.25) is 0 Å². The molecule has 0 aromatic heterocycles. The van der Waals surface area contributed by atoms with Gasteiger partial charge in [-0.15, -0.1) is 0 Å². The third-order valence-corrected chi connectivity index (χ3v) is 3.15. The predicted octanol–water partition coefficient (Wildman–Crippen LogP) is 1.11. The van der Waals surface area contributed by atoms with E-state index in [1.807, 2.05) is 21.0 Å². The van der Waals surface area contributed by atoms with Crippen molar-refractivity contribution in [2.24, 2.45) is 5.92 Å². The Labute approximate surface area is 87.1 Å². The molecule has 3 nitrogen and oxygen atoms in total. The largest absolute Gasteiger partial charge is 0.389 e. The van der Waals surface area contributed by atoms with E-state index in [1.54, 1.807) is 0 Å². The zero-order chi connectivity index (χ0) is 10.9. The number of likely N-dealkylation sites (N-methyl/N-ethyl adjacent to an activating group) is 1. The van der Waals surface area contributed by atoms with Gasteiger partial charge in [0.25, 0.3) is 0 Å². The van der Waals surface area contributed by atoms with Crippen LogP contribution in [0.25, 0.3) is 0 Å². The summed E-state index contributed by atoms with van der Waals surface area (Å²) in [5, 5.41) is 9.94. The van der Waals surface area contributed by atoms with E-state index in [2.05, 4.69) is 18.7 Å². The first-order valence-corrected chi connectivity index (χ1v) is 5.43. The number of aliphatic hydroxyl groups is 1. The minimum absolute atomic E-state index is 0.0523. The molecule has 0 amide bonds. The molecule has 4 atom stereocenters. The van der Waals surface area contributed by atoms with E-state index in [0.29, 0.717) is 5.92 Å². The Balaban J connectivity index is 2.66. The lowest BCUT2D eigenvalue weighted by atomic mass is 9.90. The number of rotatable bonds is 2. The van der Waals surface area contributed by atoms with Gasteiger partial charge in [0, 0.05) is 6.04 Å². The first-order chi connectivity index (χ1) is 6.43. The minimum atomic E-state index is -0.361. The summed E-state index contributed by atoms with van der Waals surface area (Å²) in [5.41, 5.74) is 0. The molecule has 3 heteroatoms. The SMILES string of the molecule is CC(C)C1CC(N(C)C)C(O)C(C)O1. The zero-order valence-electron chi connectivity index (χ0n) is 9.90. The number of hydrogen-bond donors (Lipinski definition) is 1. The molecule has 0 spiro atoms. The van der Waals surface area contributed by atoms with Crippen molar-refractivity contribution in [2.45, 2.75) is 51.5 Å². The molecule has 1 fully saturated rings. The van der Waals surface area contributed by atoms with Crippen molar-refractivity contribution >= 4 is 0 Å². The highest BCUT2D eigenvalue weighted by Gasteiger charge is 2.37. The molecule has 1 saturated heterocycles. The van der Waals surface area contributed by atoms with E-state index < -0.39 is 0 Å². The van der Waals surface area contributed by atoms with E-state index in [0.717, 1.165) is 6.42 Å². The second kappa shape index (κ2) is 4.60. The van der Waals surface area contributed by atoms with E-state index in [1.165, 1.54) is 0 Å². The average Bonchev–Trinajstić information content (AvgIpc) is 2.08. The summed E-state index contributed by atoms with van der Waals surface area (Å²) in [6.45, 7) is 6.29. The number of hydrogen-bond acceptors (Lipinski definition) is 3. The molecule has 1 aliphatic heterocycles. The lowest BCUT2D eigenvalue weighted by Crippen LogP contribution is -2.53. The molecule has 1 rings (SSSR count). The van der Waals surface area contributed by atoms with Crippen LogP contribution in [-0.2, 0) is 4.74 Å². The van der Waals surface area contributed by atoms with Gasteiger partial charge in [0.2, 0.25) is 0 Å². The van der Waals surface area contributed by atoms with Crippen molar-refractivity contribution in [2.75, 3.05) is 14.1 Å². The maximum Gasteiger partial charge on any atom is 0.0954 e. The van der Waals surface area contributed by atoms with Gasteiger partial charge in [-0.05, 0) is 33.4 Å². The van der Waals surface area contributed by atoms with E-state index in [9.17, 15) is 5.11 Å². The first kappa shape index (κ1) is 12.0. The molecule has 1 N–H and O–H groups in total. The Hall–Kier alpha value is -0.120. The van der Waals surface area contributed by atoms with Gasteiger partial charge >= 0.3 is 0 Å². The van der Waals surface area contributed by atoms with Crippen molar-refractivity contribution in [3.05, 3.63) is 0 Å². The standard InChI is InChI=1S/C11H23NO2/c1-7(2)10-6-9(12(4)5)11(13)8(3)14-10/h7-11,13H,6H2,1-5H3. The highest BCUT2D eigenvalue weighted by atomic mass is 16.5. The Morgan fingerprint density at radius 1 is 1.36 bits per heavy atom. The second-order valence-corrected chi connectivity index (χ2v) is 4.88. The number of aliphatic hydroxyl groups excluding tert-OH is 1. The van der Waals surface area contributed by atoms with Crippen LogP contribution in [0.5, 0.6) is 0 Å². The smallest absolute Gasteiger partial charge is 0.0954 e. The fourth-order valence-corrected chi connectivity index (χ4v) is 2.05. The van der Waals surface area contributed by atoms with Gasteiger partial charge in [-0.2, -0.15) is 0 Å². The van der Waals surface area contributed by atoms with Gasteiger partial charge < -0.3 is 14.7 Å². The molecule has 0 aromatic carbocycles. The monoisotopic (exact) mass is 201 g/mol. The Bertz CT molecular complexity index is 182. The van der Waals surface area contributed by atoms with Crippen molar-refractivity contribution in [1.29, 1.82) is 0 Å². The lowest BCUT2D eigenvalue weighted by molar-refractivity contribution is -0.152. The summed E-state index contributed by atoms with van der Waals surface area (Å²) in [7, 11) is 4.03. The van der Waals surface area contributed by atoms with Crippen molar-refractivity contribution in [3.8, 4) is 0 Å². The third-order valence-electron chi connectivity index (χ3n) is 3.15. The predicted molar refractivity (Wildman–Crippen MR) is 57.3 cm³/mol. The quantitative estimate of drug-likeness (QED) is 0.726. The van der Waals surface area contributed by atoms with Gasteiger partial charge in [-0.25, -0.2) is 0 Å². The van der Waals surface area contributed by atoms with Crippen LogP contribution < -0.4 is 0 Å². The molecule has 0 saturated carbocycles. The Kier molecular flexibility index (Phi) is 3.93. The van der Waals surface area contributed by atoms with Crippen molar-refractivity contribution in [3.63, 3.8) is 0 Å². The fourth-order valence-electron chi connectivity index (χ4n) is 2.05. The van der Waals surface area contributed by atoms with E-state index >= 15 is 0 Å². The summed E-state index contributed by atoms with van der Waals surface area (Å²) < 4.78 is 5.76. The number of ether oxygens (including phenoxy) is 1. The summed E-state index contributed by atoms with van der Waals surface area (Å²) in [6, 6.07) is 0.228. The van der Waals surface area contributed by atoms with Gasteiger partial charge in [0.05, 0.1) is 18.3 Å². The molecular formula is C11H23NO2. The topological polar surface area (TPSA) is 32.7 Å². The molecule has 4 unspecified atom stereocenters. The van der Waals surface area contributed by atoms with Crippen LogP contribution in [0.2, 0.25) is 0 Å². The van der Waals surface area contributed by atoms with Gasteiger partial charge in [-0.1, -0.05) is 13.8 Å². The highest BCUT2D eigenvalue weighted by Crippen LogP contribution is 2.26. The Morgan fingerprint density at radius 2 is 1.93 bits per heavy atom. The van der Waals surface area contributed by atoms with Crippen LogP contribution in [0.3, 0.4) is 0 Å². The number of nitrogens with zero attached hydrogens (tertiary/aromatic N) is 1. The zero-order valence-corrected chi connectivity index (χ0v) is 9.90. The molecule has 0 aromatic rings. The van der Waals surface area contributed by atoms with E-state index in [-0.39, 0.29) is 24.4 Å². The summed E-state index contributed by atoms with van der Waals surface area (Å²) in [6.07, 6.45) is 0.792. The highest BCUT2D eigenvalue weighted by molar-refractivity contribution is 4.88. The van der Waals surface area contributed by atoms with E-state index in [4.69, 9.17) is 4.74 Å². The van der Waals surface area contributed by atoms with Crippen LogP contribution >= 0.6 is 0 Å². The van der Waals surface area contributed by atoms with Crippen molar-refractivity contribution in [1.82, 2.24) is 4.90 Å². The summed E-state index contributed by atoms with van der Waals surface area (Å²) >= 11 is 0. The van der Waals surface area contributed by atoms with Crippen LogP contribution in [0, 0.1) is 5.92 Å². The molecule has 1 heterocycles. The third kappa shape index (κ3) is 2.47. The molecule has 0 bridgehead atoms. The second-order valence-electron chi connectivity index (χ2n) is 4.88. The first-order valence-electron chi connectivity index (χ1n) is 5.43. The minimum Gasteiger partial charge on any atom is -0.389 e. The molecule has 14 heavy (non-hydrogen) atoms. The van der Waals surface area contributed by atoms with Crippen LogP contribution in [0.4, 0.5) is 0 Å². The maximum absolute atomic E-state index is 9.94. The molecule has 1 aliphatic rings. The average molecular weight is 201 g/mol. The fraction of sp³-hybridized carbons (Fsp3) is 1.00. The summed E-state index contributed by atoms with van der Waals surface area (Å²) in [5.74, 6) is 0.521. The maximum atomic E-state index is 9.94. The molecule has 0 radical (unpaired) electrons. The molecule has 0 aliphatic carbocycles.